The standard InChI is InChI=1S/C24H46N6O/c1-21(29-19-9-17-27-15-7-5-13-25)22-11-3-4-12-23(22)24(2,31)30-20-10-18-28-16-8-6-14-26/h3-4,11-12,27-28,30-31H,5-10,13-20,25-26H2,1-2H3. The molecule has 7 heteroatoms. The first-order chi connectivity index (χ1) is 15.0. The molecule has 0 spiro atoms. The van der Waals surface area contributed by atoms with E-state index >= 15 is 0 Å². The fourth-order valence-corrected chi connectivity index (χ4v) is 3.44. The number of nitrogens with one attached hydrogen (secondary N) is 3. The minimum Gasteiger partial charge on any atom is -0.372 e. The Bertz CT molecular complexity index is 605. The van der Waals surface area contributed by atoms with Gasteiger partial charge in [-0.1, -0.05) is 24.3 Å². The van der Waals surface area contributed by atoms with Gasteiger partial charge in [-0.25, -0.2) is 0 Å². The third-order valence-electron chi connectivity index (χ3n) is 5.32. The highest BCUT2D eigenvalue weighted by atomic mass is 16.3. The molecular weight excluding hydrogens is 388 g/mol. The first kappa shape index (κ1) is 27.7. The molecule has 0 heterocycles. The quantitative estimate of drug-likeness (QED) is 0.112. The van der Waals surface area contributed by atoms with Crippen LogP contribution < -0.4 is 27.4 Å². The highest BCUT2D eigenvalue weighted by molar-refractivity contribution is 6.00. The molecular formula is C24H46N6O. The molecule has 7 nitrogen and oxygen atoms in total. The molecule has 0 aromatic heterocycles. The van der Waals surface area contributed by atoms with Gasteiger partial charge in [-0.15, -0.1) is 0 Å². The normalized spacial score (nSPS) is 14.0. The summed E-state index contributed by atoms with van der Waals surface area (Å²) in [7, 11) is 0. The molecule has 0 radical (unpaired) electrons. The van der Waals surface area contributed by atoms with Crippen LogP contribution in [-0.2, 0) is 5.72 Å². The van der Waals surface area contributed by atoms with Crippen LogP contribution in [0.3, 0.4) is 0 Å². The molecule has 8 N–H and O–H groups in total. The maximum absolute atomic E-state index is 11.1. The summed E-state index contributed by atoms with van der Waals surface area (Å²) in [6.07, 6.45) is 6.31. The Kier molecular flexibility index (Phi) is 15.4. The van der Waals surface area contributed by atoms with Crippen molar-refractivity contribution in [1.29, 1.82) is 0 Å². The van der Waals surface area contributed by atoms with Gasteiger partial charge in [0, 0.05) is 23.4 Å². The summed E-state index contributed by atoms with van der Waals surface area (Å²) in [5, 5.41) is 21.2. The van der Waals surface area contributed by atoms with E-state index in [1.54, 1.807) is 0 Å². The molecule has 178 valence electrons. The number of aliphatic hydroxyl groups is 1. The van der Waals surface area contributed by atoms with Crippen molar-refractivity contribution in [3.63, 3.8) is 0 Å². The number of aliphatic imine (C=N–C) groups is 1. The van der Waals surface area contributed by atoms with Crippen LogP contribution in [0.25, 0.3) is 0 Å². The van der Waals surface area contributed by atoms with E-state index in [0.717, 1.165) is 108 Å². The van der Waals surface area contributed by atoms with Gasteiger partial charge in [0.15, 0.2) is 0 Å². The molecule has 0 bridgehead atoms. The fraction of sp³-hybridized carbons (Fsp3) is 0.708. The largest absolute Gasteiger partial charge is 0.372 e. The van der Waals surface area contributed by atoms with Crippen molar-refractivity contribution < 1.29 is 5.11 Å². The van der Waals surface area contributed by atoms with Gasteiger partial charge in [-0.3, -0.25) is 10.3 Å². The molecule has 0 amide bonds. The summed E-state index contributed by atoms with van der Waals surface area (Å²) >= 11 is 0. The number of rotatable bonds is 19. The van der Waals surface area contributed by atoms with Gasteiger partial charge in [0.05, 0.1) is 0 Å². The van der Waals surface area contributed by atoms with Crippen LogP contribution >= 0.6 is 0 Å². The zero-order chi connectivity index (χ0) is 22.8. The van der Waals surface area contributed by atoms with E-state index in [1.807, 2.05) is 38.1 Å². The lowest BCUT2D eigenvalue weighted by atomic mass is 9.95. The predicted molar refractivity (Wildman–Crippen MR) is 133 cm³/mol. The fourth-order valence-electron chi connectivity index (χ4n) is 3.44. The maximum Gasteiger partial charge on any atom is 0.139 e. The highest BCUT2D eigenvalue weighted by Gasteiger charge is 2.25. The summed E-state index contributed by atoms with van der Waals surface area (Å²) in [4.78, 5) is 4.75. The lowest BCUT2D eigenvalue weighted by Crippen LogP contribution is -2.41. The summed E-state index contributed by atoms with van der Waals surface area (Å²) in [6.45, 7) is 10.8. The van der Waals surface area contributed by atoms with Gasteiger partial charge in [0.1, 0.15) is 5.72 Å². The van der Waals surface area contributed by atoms with E-state index in [9.17, 15) is 5.11 Å². The summed E-state index contributed by atoms with van der Waals surface area (Å²) in [5.41, 5.74) is 12.7. The van der Waals surface area contributed by atoms with Crippen molar-refractivity contribution in [2.75, 3.05) is 52.4 Å². The van der Waals surface area contributed by atoms with Crippen LogP contribution in [0.2, 0.25) is 0 Å². The van der Waals surface area contributed by atoms with E-state index in [1.165, 1.54) is 0 Å². The van der Waals surface area contributed by atoms with Crippen molar-refractivity contribution in [2.24, 2.45) is 16.5 Å². The van der Waals surface area contributed by atoms with Crippen molar-refractivity contribution >= 4 is 5.71 Å². The van der Waals surface area contributed by atoms with E-state index in [4.69, 9.17) is 16.5 Å². The number of benzene rings is 1. The average molecular weight is 435 g/mol. The van der Waals surface area contributed by atoms with Crippen molar-refractivity contribution in [2.45, 2.75) is 58.1 Å². The monoisotopic (exact) mass is 434 g/mol. The maximum atomic E-state index is 11.1. The van der Waals surface area contributed by atoms with Gasteiger partial charge < -0.3 is 27.2 Å². The Hall–Kier alpha value is -1.35. The van der Waals surface area contributed by atoms with E-state index in [0.29, 0.717) is 0 Å². The number of nitrogens with zero attached hydrogens (tertiary/aromatic N) is 1. The first-order valence-corrected chi connectivity index (χ1v) is 11.9. The Morgan fingerprint density at radius 1 is 0.871 bits per heavy atom. The molecule has 0 saturated heterocycles. The minimum absolute atomic E-state index is 0.733. The smallest absolute Gasteiger partial charge is 0.139 e. The van der Waals surface area contributed by atoms with Crippen LogP contribution in [0.4, 0.5) is 0 Å². The second kappa shape index (κ2) is 17.2. The minimum atomic E-state index is -1.10. The summed E-state index contributed by atoms with van der Waals surface area (Å²) in [6, 6.07) is 7.98. The van der Waals surface area contributed by atoms with Crippen LogP contribution in [0, 0.1) is 0 Å². The number of hydrogen-bond donors (Lipinski definition) is 6. The van der Waals surface area contributed by atoms with Gasteiger partial charge in [0.2, 0.25) is 0 Å². The van der Waals surface area contributed by atoms with Crippen LogP contribution in [0.15, 0.2) is 29.3 Å². The van der Waals surface area contributed by atoms with Crippen molar-refractivity contribution in [3.8, 4) is 0 Å². The first-order valence-electron chi connectivity index (χ1n) is 11.9. The van der Waals surface area contributed by atoms with Gasteiger partial charge >= 0.3 is 0 Å². The molecule has 1 atom stereocenters. The summed E-state index contributed by atoms with van der Waals surface area (Å²) in [5.74, 6) is 0. The van der Waals surface area contributed by atoms with Gasteiger partial charge in [-0.2, -0.15) is 0 Å². The predicted octanol–water partition coefficient (Wildman–Crippen LogP) is 1.69. The molecule has 1 rings (SSSR count). The zero-order valence-electron chi connectivity index (χ0n) is 19.8. The van der Waals surface area contributed by atoms with Gasteiger partial charge in [0.25, 0.3) is 0 Å². The Labute approximate surface area is 189 Å². The lowest BCUT2D eigenvalue weighted by molar-refractivity contribution is 0.0199. The Balaban J connectivity index is 2.46. The third-order valence-corrected chi connectivity index (χ3v) is 5.32. The Morgan fingerprint density at radius 3 is 2.10 bits per heavy atom. The molecule has 31 heavy (non-hydrogen) atoms. The second-order valence-electron chi connectivity index (χ2n) is 8.21. The average Bonchev–Trinajstić information content (AvgIpc) is 2.77. The zero-order valence-corrected chi connectivity index (χ0v) is 19.8. The highest BCUT2D eigenvalue weighted by Crippen LogP contribution is 2.22. The summed E-state index contributed by atoms with van der Waals surface area (Å²) < 4.78 is 0. The molecule has 1 aromatic carbocycles. The van der Waals surface area contributed by atoms with Crippen molar-refractivity contribution in [1.82, 2.24) is 16.0 Å². The third kappa shape index (κ3) is 12.3. The Morgan fingerprint density at radius 2 is 1.45 bits per heavy atom. The number of unbranched alkanes of at least 4 members (excludes halogenated alkanes) is 2. The lowest BCUT2D eigenvalue weighted by Gasteiger charge is -2.28. The van der Waals surface area contributed by atoms with Crippen LogP contribution in [-0.4, -0.2) is 63.2 Å². The number of nitrogens with two attached hydrogens (primary N) is 2. The molecule has 0 aliphatic rings. The molecule has 0 fully saturated rings. The van der Waals surface area contributed by atoms with Crippen LogP contribution in [0.5, 0.6) is 0 Å². The van der Waals surface area contributed by atoms with E-state index in [-0.39, 0.29) is 0 Å². The molecule has 1 unspecified atom stereocenters. The molecule has 0 aliphatic heterocycles. The number of hydrogen-bond acceptors (Lipinski definition) is 7. The molecule has 1 aromatic rings. The SMILES string of the molecule is CC(=NCCCNCCCCN)c1ccccc1C(C)(O)NCCCNCCCCN. The second-order valence-corrected chi connectivity index (χ2v) is 8.21. The van der Waals surface area contributed by atoms with Crippen molar-refractivity contribution in [3.05, 3.63) is 35.4 Å². The molecule has 0 saturated carbocycles. The molecule has 0 aliphatic carbocycles. The van der Waals surface area contributed by atoms with Gasteiger partial charge in [-0.05, 0) is 98.2 Å². The van der Waals surface area contributed by atoms with E-state index in [2.05, 4.69) is 16.0 Å². The van der Waals surface area contributed by atoms with Crippen LogP contribution in [0.1, 0.15) is 63.5 Å². The topological polar surface area (TPSA) is 121 Å². The van der Waals surface area contributed by atoms with E-state index < -0.39 is 5.72 Å².